The van der Waals surface area contributed by atoms with E-state index in [4.69, 9.17) is 0 Å². The number of rotatable bonds is 1. The lowest BCUT2D eigenvalue weighted by Crippen LogP contribution is -2.28. The third kappa shape index (κ3) is 1.59. The number of nitrogens with one attached hydrogen (secondary N) is 1. The standard InChI is InChI=1S/C11H9N3OS/c15-10-7-16-11-12-9(6-14(11)13-10)8-4-2-1-3-5-8/h1-6H,7H2,(H,13,15). The maximum atomic E-state index is 11.2. The number of fused-ring (bicyclic) bond motifs is 1. The number of nitrogens with zero attached hydrogens (tertiary/aromatic N) is 2. The summed E-state index contributed by atoms with van der Waals surface area (Å²) in [4.78, 5) is 15.7. The van der Waals surface area contributed by atoms with Crippen LogP contribution in [-0.4, -0.2) is 21.3 Å². The highest BCUT2D eigenvalue weighted by atomic mass is 32.2. The van der Waals surface area contributed by atoms with Crippen LogP contribution in [0.25, 0.3) is 11.3 Å². The van der Waals surface area contributed by atoms with Gasteiger partial charge in [0, 0.05) is 5.56 Å². The van der Waals surface area contributed by atoms with Gasteiger partial charge in [0.15, 0.2) is 5.16 Å². The zero-order chi connectivity index (χ0) is 11.0. The third-order valence-corrected chi connectivity index (χ3v) is 3.27. The molecule has 2 aromatic rings. The van der Waals surface area contributed by atoms with Crippen LogP contribution >= 0.6 is 11.8 Å². The monoisotopic (exact) mass is 231 g/mol. The van der Waals surface area contributed by atoms with Crippen molar-refractivity contribution in [2.24, 2.45) is 0 Å². The topological polar surface area (TPSA) is 46.9 Å². The maximum Gasteiger partial charge on any atom is 0.249 e. The minimum Gasteiger partial charge on any atom is -0.272 e. The second kappa shape index (κ2) is 3.68. The van der Waals surface area contributed by atoms with Gasteiger partial charge in [0.2, 0.25) is 5.91 Å². The predicted octanol–water partition coefficient (Wildman–Crippen LogP) is 1.73. The summed E-state index contributed by atoms with van der Waals surface area (Å²) >= 11 is 1.45. The number of benzene rings is 1. The molecule has 1 aliphatic heterocycles. The molecule has 1 aromatic heterocycles. The average molecular weight is 231 g/mol. The average Bonchev–Trinajstić information content (AvgIpc) is 2.73. The first-order valence-corrected chi connectivity index (χ1v) is 5.89. The van der Waals surface area contributed by atoms with Gasteiger partial charge in [-0.2, -0.15) is 0 Å². The lowest BCUT2D eigenvalue weighted by molar-refractivity contribution is -0.114. The molecule has 0 saturated carbocycles. The molecule has 80 valence electrons. The van der Waals surface area contributed by atoms with Gasteiger partial charge in [-0.15, -0.1) is 0 Å². The summed E-state index contributed by atoms with van der Waals surface area (Å²) in [6.07, 6.45) is 1.84. The molecule has 1 aliphatic rings. The van der Waals surface area contributed by atoms with Crippen LogP contribution in [0.3, 0.4) is 0 Å². The molecule has 0 radical (unpaired) electrons. The Labute approximate surface area is 96.7 Å². The molecule has 0 atom stereocenters. The number of aromatic nitrogens is 2. The minimum atomic E-state index is 0.00881. The second-order valence-corrected chi connectivity index (χ2v) is 4.41. The summed E-state index contributed by atoms with van der Waals surface area (Å²) in [6.45, 7) is 0. The summed E-state index contributed by atoms with van der Waals surface area (Å²) < 4.78 is 1.68. The predicted molar refractivity (Wildman–Crippen MR) is 62.8 cm³/mol. The van der Waals surface area contributed by atoms with E-state index in [-0.39, 0.29) is 5.91 Å². The van der Waals surface area contributed by atoms with Crippen molar-refractivity contribution in [2.75, 3.05) is 11.2 Å². The fraction of sp³-hybridized carbons (Fsp3) is 0.0909. The van der Waals surface area contributed by atoms with Crippen LogP contribution in [0.2, 0.25) is 0 Å². The van der Waals surface area contributed by atoms with Crippen molar-refractivity contribution in [1.29, 1.82) is 0 Å². The number of carbonyl (C=O) groups is 1. The van der Waals surface area contributed by atoms with Crippen molar-refractivity contribution in [3.8, 4) is 11.3 Å². The van der Waals surface area contributed by atoms with Crippen molar-refractivity contribution in [3.63, 3.8) is 0 Å². The van der Waals surface area contributed by atoms with E-state index in [0.29, 0.717) is 5.75 Å². The smallest absolute Gasteiger partial charge is 0.249 e. The summed E-state index contributed by atoms with van der Waals surface area (Å²) in [5.41, 5.74) is 4.68. The van der Waals surface area contributed by atoms with Crippen LogP contribution in [0, 0.1) is 0 Å². The first-order chi connectivity index (χ1) is 7.83. The number of imidazole rings is 1. The summed E-state index contributed by atoms with van der Waals surface area (Å²) in [7, 11) is 0. The highest BCUT2D eigenvalue weighted by molar-refractivity contribution is 7.99. The molecule has 4 nitrogen and oxygen atoms in total. The SMILES string of the molecule is O=C1CSc2nc(-c3ccccc3)cn2N1. The molecule has 1 aromatic carbocycles. The van der Waals surface area contributed by atoms with E-state index in [1.54, 1.807) is 4.68 Å². The molecule has 2 heterocycles. The molecule has 0 saturated heterocycles. The van der Waals surface area contributed by atoms with Gasteiger partial charge in [-0.3, -0.25) is 10.2 Å². The number of hydrogen-bond acceptors (Lipinski definition) is 3. The molecule has 5 heteroatoms. The quantitative estimate of drug-likeness (QED) is 0.813. The second-order valence-electron chi connectivity index (χ2n) is 3.47. The molecule has 0 aliphatic carbocycles. The highest BCUT2D eigenvalue weighted by Crippen LogP contribution is 2.25. The number of amides is 1. The minimum absolute atomic E-state index is 0.00881. The van der Waals surface area contributed by atoms with Crippen molar-refractivity contribution >= 4 is 17.7 Å². The number of thioether (sulfide) groups is 1. The van der Waals surface area contributed by atoms with Crippen molar-refractivity contribution in [1.82, 2.24) is 9.66 Å². The summed E-state index contributed by atoms with van der Waals surface area (Å²) in [5, 5.41) is 0.832. The van der Waals surface area contributed by atoms with Crippen LogP contribution in [0.15, 0.2) is 41.7 Å². The molecule has 0 unspecified atom stereocenters. The number of hydrogen-bond donors (Lipinski definition) is 1. The first kappa shape index (κ1) is 9.47. The van der Waals surface area contributed by atoms with Crippen LogP contribution in [0.1, 0.15) is 0 Å². The Morgan fingerprint density at radius 1 is 1.31 bits per heavy atom. The molecular weight excluding hydrogens is 222 g/mol. The fourth-order valence-corrected chi connectivity index (χ4v) is 2.31. The Morgan fingerprint density at radius 3 is 2.94 bits per heavy atom. The van der Waals surface area contributed by atoms with Gasteiger partial charge in [0.25, 0.3) is 0 Å². The van der Waals surface area contributed by atoms with E-state index in [1.807, 2.05) is 36.5 Å². The van der Waals surface area contributed by atoms with Gasteiger partial charge >= 0.3 is 0 Å². The lowest BCUT2D eigenvalue weighted by atomic mass is 10.2. The summed E-state index contributed by atoms with van der Waals surface area (Å²) in [6, 6.07) is 9.91. The van der Waals surface area contributed by atoms with Crippen molar-refractivity contribution < 1.29 is 4.79 Å². The molecule has 0 fully saturated rings. The van der Waals surface area contributed by atoms with Gasteiger partial charge in [-0.1, -0.05) is 42.1 Å². The Balaban J connectivity index is 2.02. The van der Waals surface area contributed by atoms with Gasteiger partial charge in [0.1, 0.15) is 0 Å². The summed E-state index contributed by atoms with van der Waals surface area (Å²) in [5.74, 6) is 0.445. The largest absolute Gasteiger partial charge is 0.272 e. The fourth-order valence-electron chi connectivity index (χ4n) is 1.59. The molecule has 3 rings (SSSR count). The van der Waals surface area contributed by atoms with E-state index in [0.717, 1.165) is 16.4 Å². The Morgan fingerprint density at radius 2 is 2.12 bits per heavy atom. The number of carbonyl (C=O) groups excluding carboxylic acids is 1. The highest BCUT2D eigenvalue weighted by Gasteiger charge is 2.17. The molecule has 16 heavy (non-hydrogen) atoms. The molecule has 0 bridgehead atoms. The van der Waals surface area contributed by atoms with E-state index >= 15 is 0 Å². The van der Waals surface area contributed by atoms with E-state index in [2.05, 4.69) is 10.4 Å². The Kier molecular flexibility index (Phi) is 2.18. The first-order valence-electron chi connectivity index (χ1n) is 4.90. The van der Waals surface area contributed by atoms with Crippen LogP contribution in [0.5, 0.6) is 0 Å². The van der Waals surface area contributed by atoms with Gasteiger partial charge in [-0.05, 0) is 0 Å². The van der Waals surface area contributed by atoms with E-state index in [1.165, 1.54) is 11.8 Å². The normalized spacial score (nSPS) is 14.4. The van der Waals surface area contributed by atoms with Crippen molar-refractivity contribution in [2.45, 2.75) is 5.16 Å². The van der Waals surface area contributed by atoms with Crippen LogP contribution in [-0.2, 0) is 4.79 Å². The van der Waals surface area contributed by atoms with Gasteiger partial charge in [-0.25, -0.2) is 9.66 Å². The lowest BCUT2D eigenvalue weighted by Gasteiger charge is -2.12. The molecular formula is C11H9N3OS. The third-order valence-electron chi connectivity index (χ3n) is 2.32. The Bertz CT molecular complexity index is 535. The zero-order valence-corrected chi connectivity index (χ0v) is 9.20. The van der Waals surface area contributed by atoms with Crippen molar-refractivity contribution in [3.05, 3.63) is 36.5 Å². The van der Waals surface area contributed by atoms with Gasteiger partial charge < -0.3 is 0 Å². The molecule has 1 amide bonds. The van der Waals surface area contributed by atoms with Crippen LogP contribution < -0.4 is 5.43 Å². The van der Waals surface area contributed by atoms with Crippen LogP contribution in [0.4, 0.5) is 0 Å². The maximum absolute atomic E-state index is 11.2. The van der Waals surface area contributed by atoms with Gasteiger partial charge in [0.05, 0.1) is 17.6 Å². The molecule has 0 spiro atoms. The molecule has 1 N–H and O–H groups in total. The van der Waals surface area contributed by atoms with E-state index in [9.17, 15) is 4.79 Å². The Hall–Kier alpha value is -1.75. The zero-order valence-electron chi connectivity index (χ0n) is 8.38. The van der Waals surface area contributed by atoms with E-state index < -0.39 is 0 Å².